The summed E-state index contributed by atoms with van der Waals surface area (Å²) in [6.45, 7) is 0. The highest BCUT2D eigenvalue weighted by Crippen LogP contribution is 2.45. The van der Waals surface area contributed by atoms with Gasteiger partial charge in [-0.15, -0.1) is 0 Å². The summed E-state index contributed by atoms with van der Waals surface area (Å²) in [4.78, 5) is 37.8. The lowest BCUT2D eigenvalue weighted by Crippen LogP contribution is -2.33. The van der Waals surface area contributed by atoms with Crippen LogP contribution < -0.4 is 0 Å². The van der Waals surface area contributed by atoms with Gasteiger partial charge in [0.1, 0.15) is 6.10 Å². The predicted octanol–water partition coefficient (Wildman–Crippen LogP) is 7.56. The molecule has 0 aliphatic heterocycles. The number of nitro groups is 1. The van der Waals surface area contributed by atoms with Crippen LogP contribution in [0.25, 0.3) is 32.3 Å². The fourth-order valence-corrected chi connectivity index (χ4v) is 6.07. The molecule has 0 saturated carbocycles. The van der Waals surface area contributed by atoms with Crippen LogP contribution in [0.2, 0.25) is 0 Å². The van der Waals surface area contributed by atoms with Gasteiger partial charge in [-0.3, -0.25) is 10.1 Å². The molecule has 41 heavy (non-hydrogen) atoms. The number of nitrogens with zero attached hydrogens (tertiary/aromatic N) is 1. The number of hydrogen-bond donors (Lipinski definition) is 0. The monoisotopic (exact) mass is 541 g/mol. The topological polar surface area (TPSA) is 95.7 Å². The minimum Gasteiger partial charge on any atom is -0.454 e. The van der Waals surface area contributed by atoms with Crippen molar-refractivity contribution >= 4 is 49.9 Å². The first-order valence-electron chi connectivity index (χ1n) is 13.4. The van der Waals surface area contributed by atoms with Gasteiger partial charge in [0.15, 0.2) is 6.10 Å². The molecule has 0 unspecified atom stereocenters. The van der Waals surface area contributed by atoms with Gasteiger partial charge in [0.25, 0.3) is 5.69 Å². The van der Waals surface area contributed by atoms with Crippen LogP contribution in [0.1, 0.15) is 44.4 Å². The number of aryl methyl sites for hydroxylation is 1. The number of ether oxygens (including phenoxy) is 2. The summed E-state index contributed by atoms with van der Waals surface area (Å²) in [7, 11) is 0. The lowest BCUT2D eigenvalue weighted by atomic mass is 9.81. The molecule has 0 bridgehead atoms. The molecule has 0 heterocycles. The molecule has 0 aromatic heterocycles. The molecule has 0 saturated heterocycles. The third-order valence-corrected chi connectivity index (χ3v) is 7.94. The second kappa shape index (κ2) is 9.71. The zero-order valence-corrected chi connectivity index (χ0v) is 21.8. The zero-order chi connectivity index (χ0) is 28.1. The van der Waals surface area contributed by atoms with Crippen molar-refractivity contribution in [3.63, 3.8) is 0 Å². The van der Waals surface area contributed by atoms with E-state index in [-0.39, 0.29) is 10.6 Å². The molecule has 0 radical (unpaired) electrons. The Kier molecular flexibility index (Phi) is 5.86. The lowest BCUT2D eigenvalue weighted by molar-refractivity contribution is -0.383. The van der Waals surface area contributed by atoms with Crippen molar-refractivity contribution in [1.82, 2.24) is 0 Å². The maximum absolute atomic E-state index is 13.3. The molecule has 0 spiro atoms. The van der Waals surface area contributed by atoms with E-state index < -0.39 is 24.1 Å². The Hall–Kier alpha value is -5.30. The molecular weight excluding hydrogens is 518 g/mol. The quantitative estimate of drug-likeness (QED) is 0.0967. The third-order valence-electron chi connectivity index (χ3n) is 7.94. The van der Waals surface area contributed by atoms with Crippen molar-refractivity contribution < 1.29 is 24.0 Å². The number of esters is 2. The molecule has 0 N–H and O–H groups in total. The number of fused-ring (bicyclic) bond motifs is 2. The van der Waals surface area contributed by atoms with Crippen LogP contribution >= 0.6 is 0 Å². The van der Waals surface area contributed by atoms with Gasteiger partial charge in [-0.05, 0) is 82.4 Å². The normalized spacial score (nSPS) is 16.5. The average molecular weight is 542 g/mol. The number of hydrogen-bond acceptors (Lipinski definition) is 6. The van der Waals surface area contributed by atoms with E-state index in [1.807, 2.05) is 36.4 Å². The van der Waals surface area contributed by atoms with E-state index in [0.717, 1.165) is 38.1 Å². The van der Waals surface area contributed by atoms with Crippen LogP contribution in [0, 0.1) is 10.1 Å². The van der Waals surface area contributed by atoms with Crippen LogP contribution in [0.15, 0.2) is 103 Å². The van der Waals surface area contributed by atoms with Crippen molar-refractivity contribution in [3.05, 3.63) is 135 Å². The smallest absolute Gasteiger partial charge is 0.338 e. The summed E-state index contributed by atoms with van der Waals surface area (Å²) in [6, 6.07) is 30.4. The molecule has 2 atom stereocenters. The van der Waals surface area contributed by atoms with Crippen molar-refractivity contribution in [2.24, 2.45) is 0 Å². The van der Waals surface area contributed by atoms with Crippen molar-refractivity contribution in [2.75, 3.05) is 0 Å². The lowest BCUT2D eigenvalue weighted by Gasteiger charge is -2.34. The molecule has 7 rings (SSSR count). The van der Waals surface area contributed by atoms with Crippen LogP contribution in [-0.4, -0.2) is 23.0 Å². The van der Waals surface area contributed by atoms with E-state index >= 15 is 0 Å². The van der Waals surface area contributed by atoms with Crippen molar-refractivity contribution in [1.29, 1.82) is 0 Å². The van der Waals surface area contributed by atoms with Gasteiger partial charge in [-0.25, -0.2) is 9.59 Å². The number of carbonyl (C=O) groups is 2. The number of carbonyl (C=O) groups excluding carboxylic acids is 2. The molecule has 1 aliphatic carbocycles. The van der Waals surface area contributed by atoms with Gasteiger partial charge >= 0.3 is 11.9 Å². The van der Waals surface area contributed by atoms with Gasteiger partial charge in [-0.2, -0.15) is 0 Å². The van der Waals surface area contributed by atoms with Crippen LogP contribution in [-0.2, 0) is 15.9 Å². The standard InChI is InChI=1S/C34H23NO6/c36-33(21-7-3-1-4-8-21)40-29-18-16-24-25-14-15-26-28(35(38)39)17-13-20-11-12-23(31(25)30(20)26)19-27(24)32(29)41-34(37)22-9-5-2-6-10-22/h1-15,17,19,29,32H,16,18H2/t29-,32-/m0/s1. The Balaban J connectivity index is 1.38. The fourth-order valence-electron chi connectivity index (χ4n) is 6.07. The number of rotatable bonds is 5. The molecule has 0 fully saturated rings. The minimum atomic E-state index is -0.838. The highest BCUT2D eigenvalue weighted by molar-refractivity contribution is 6.25. The van der Waals surface area contributed by atoms with Crippen LogP contribution in [0.4, 0.5) is 5.69 Å². The van der Waals surface area contributed by atoms with Crippen LogP contribution in [0.3, 0.4) is 0 Å². The average Bonchev–Trinajstić information content (AvgIpc) is 3.01. The SMILES string of the molecule is O=C(O[C@H]1CCc2c(cc3ccc4ccc([N+](=O)[O-])c5ccc2c3c45)[C@@H]1OC(=O)c1ccccc1)c1ccccc1. The molecule has 6 aromatic rings. The number of non-ortho nitro benzene ring substituents is 1. The molecule has 6 aromatic carbocycles. The summed E-state index contributed by atoms with van der Waals surface area (Å²) < 4.78 is 12.1. The number of nitro benzene ring substituents is 1. The van der Waals surface area contributed by atoms with Gasteiger partial charge in [0.2, 0.25) is 0 Å². The fraction of sp³-hybridized carbons (Fsp3) is 0.118. The van der Waals surface area contributed by atoms with Crippen LogP contribution in [0.5, 0.6) is 0 Å². The van der Waals surface area contributed by atoms with Crippen molar-refractivity contribution in [3.8, 4) is 0 Å². The molecule has 200 valence electrons. The predicted molar refractivity (Wildman–Crippen MR) is 155 cm³/mol. The highest BCUT2D eigenvalue weighted by Gasteiger charge is 2.37. The van der Waals surface area contributed by atoms with Gasteiger partial charge in [0.05, 0.1) is 21.4 Å². The number of benzene rings is 6. The first kappa shape index (κ1) is 24.7. The van der Waals surface area contributed by atoms with E-state index in [1.165, 1.54) is 0 Å². The second-order valence-electron chi connectivity index (χ2n) is 10.2. The highest BCUT2D eigenvalue weighted by atomic mass is 16.6. The molecule has 7 nitrogen and oxygen atoms in total. The van der Waals surface area contributed by atoms with E-state index in [9.17, 15) is 19.7 Å². The zero-order valence-electron chi connectivity index (χ0n) is 21.8. The Morgan fingerprint density at radius 3 is 1.98 bits per heavy atom. The Labute approximate surface area is 234 Å². The van der Waals surface area contributed by atoms with Gasteiger partial charge in [-0.1, -0.05) is 54.6 Å². The van der Waals surface area contributed by atoms with E-state index in [1.54, 1.807) is 66.7 Å². The van der Waals surface area contributed by atoms with Crippen molar-refractivity contribution in [2.45, 2.75) is 25.0 Å². The largest absolute Gasteiger partial charge is 0.454 e. The Bertz CT molecular complexity index is 1970. The summed E-state index contributed by atoms with van der Waals surface area (Å²) >= 11 is 0. The molecule has 1 aliphatic rings. The Morgan fingerprint density at radius 2 is 1.29 bits per heavy atom. The molecule has 0 amide bonds. The Morgan fingerprint density at radius 1 is 0.707 bits per heavy atom. The first-order chi connectivity index (χ1) is 20.0. The maximum Gasteiger partial charge on any atom is 0.338 e. The summed E-state index contributed by atoms with van der Waals surface area (Å²) in [5, 5.41) is 16.9. The maximum atomic E-state index is 13.3. The minimum absolute atomic E-state index is 0.0622. The van der Waals surface area contributed by atoms with Gasteiger partial charge in [0, 0.05) is 17.0 Å². The van der Waals surface area contributed by atoms with E-state index in [4.69, 9.17) is 9.47 Å². The summed E-state index contributed by atoms with van der Waals surface area (Å²) in [6.07, 6.45) is -0.507. The molecular formula is C34H23NO6. The summed E-state index contributed by atoms with van der Waals surface area (Å²) in [5.74, 6) is -0.991. The van der Waals surface area contributed by atoms with E-state index in [2.05, 4.69) is 0 Å². The van der Waals surface area contributed by atoms with E-state index in [0.29, 0.717) is 29.4 Å². The molecule has 7 heteroatoms. The first-order valence-corrected chi connectivity index (χ1v) is 13.4. The third kappa shape index (κ3) is 4.14. The van der Waals surface area contributed by atoms with Gasteiger partial charge < -0.3 is 9.47 Å². The summed E-state index contributed by atoms with van der Waals surface area (Å²) in [5.41, 5.74) is 2.64. The second-order valence-corrected chi connectivity index (χ2v) is 10.2.